The lowest BCUT2D eigenvalue weighted by Gasteiger charge is -2.04. The van der Waals surface area contributed by atoms with Crippen LogP contribution in [0.2, 0.25) is 0 Å². The molecule has 0 bridgehead atoms. The Bertz CT molecular complexity index is 411. The predicted octanol–water partition coefficient (Wildman–Crippen LogP) is 4.45. The maximum absolute atomic E-state index is 5.49. The molecule has 0 aliphatic rings. The summed E-state index contributed by atoms with van der Waals surface area (Å²) in [5.41, 5.74) is 3.67. The first-order chi connectivity index (χ1) is 8.10. The van der Waals surface area contributed by atoms with Crippen LogP contribution in [0.25, 0.3) is 0 Å². The van der Waals surface area contributed by atoms with Crippen LogP contribution < -0.4 is 0 Å². The molecule has 0 fully saturated rings. The molecule has 0 amide bonds. The van der Waals surface area contributed by atoms with Gasteiger partial charge in [0.2, 0.25) is 0 Å². The van der Waals surface area contributed by atoms with E-state index < -0.39 is 0 Å². The average Bonchev–Trinajstić information content (AvgIpc) is 2.31. The number of hydrogen-bond donors (Lipinski definition) is 0. The lowest BCUT2D eigenvalue weighted by molar-refractivity contribution is 0.899. The van der Waals surface area contributed by atoms with Crippen LogP contribution >= 0.6 is 0 Å². The van der Waals surface area contributed by atoms with E-state index in [0.29, 0.717) is 0 Å². The van der Waals surface area contributed by atoms with Gasteiger partial charge in [-0.3, -0.25) is 4.99 Å². The van der Waals surface area contributed by atoms with Gasteiger partial charge >= 0.3 is 0 Å². The average molecular weight is 227 g/mol. The second-order valence-electron chi connectivity index (χ2n) is 3.71. The Morgan fingerprint density at radius 3 is 2.53 bits per heavy atom. The van der Waals surface area contributed by atoms with E-state index in [-0.39, 0.29) is 0 Å². The molecule has 90 valence electrons. The van der Waals surface area contributed by atoms with Crippen molar-refractivity contribution in [3.8, 4) is 12.3 Å². The van der Waals surface area contributed by atoms with Crippen molar-refractivity contribution in [2.24, 2.45) is 4.99 Å². The molecule has 0 aromatic rings. The topological polar surface area (TPSA) is 12.4 Å². The van der Waals surface area contributed by atoms with E-state index in [4.69, 9.17) is 6.42 Å². The van der Waals surface area contributed by atoms with Gasteiger partial charge < -0.3 is 0 Å². The van der Waals surface area contributed by atoms with E-state index in [1.165, 1.54) is 0 Å². The van der Waals surface area contributed by atoms with Gasteiger partial charge in [-0.2, -0.15) is 0 Å². The van der Waals surface area contributed by atoms with Gasteiger partial charge in [-0.05, 0) is 31.4 Å². The van der Waals surface area contributed by atoms with Crippen molar-refractivity contribution >= 4 is 6.21 Å². The first kappa shape index (κ1) is 15.2. The van der Waals surface area contributed by atoms with Crippen molar-refractivity contribution in [3.05, 3.63) is 47.7 Å². The summed E-state index contributed by atoms with van der Waals surface area (Å²) in [5.74, 6) is 2.65. The third-order valence-corrected chi connectivity index (χ3v) is 2.44. The van der Waals surface area contributed by atoms with Gasteiger partial charge in [0.1, 0.15) is 0 Å². The van der Waals surface area contributed by atoms with Crippen molar-refractivity contribution in [2.45, 2.75) is 33.6 Å². The van der Waals surface area contributed by atoms with Crippen LogP contribution in [-0.4, -0.2) is 6.21 Å². The molecule has 0 heterocycles. The minimum absolute atomic E-state index is 0.773. The molecule has 0 atom stereocenters. The van der Waals surface area contributed by atoms with Crippen molar-refractivity contribution in [3.63, 3.8) is 0 Å². The molecule has 0 unspecified atom stereocenters. The maximum Gasteiger partial charge on any atom is 0.0460 e. The molecule has 0 aromatic heterocycles. The number of nitrogens with zero attached hydrogens (tertiary/aromatic N) is 1. The highest BCUT2D eigenvalue weighted by atomic mass is 14.7. The molecule has 0 aromatic carbocycles. The highest BCUT2D eigenvalue weighted by Crippen LogP contribution is 2.14. The summed E-state index contributed by atoms with van der Waals surface area (Å²) in [6.07, 6.45) is 12.9. The fraction of sp³-hybridized carbons (Fsp3) is 0.312. The number of terminal acetylenes is 1. The molecular weight excluding hydrogens is 206 g/mol. The molecule has 0 rings (SSSR count). The van der Waals surface area contributed by atoms with Gasteiger partial charge in [0.25, 0.3) is 0 Å². The molecule has 0 radical (unpaired) electrons. The van der Waals surface area contributed by atoms with Gasteiger partial charge in [-0.1, -0.05) is 44.6 Å². The van der Waals surface area contributed by atoms with Crippen molar-refractivity contribution in [2.75, 3.05) is 0 Å². The molecule has 1 nitrogen and oxygen atoms in total. The molecule has 0 spiro atoms. The van der Waals surface area contributed by atoms with E-state index in [2.05, 4.69) is 31.0 Å². The Hall–Kier alpha value is -1.81. The highest BCUT2D eigenvalue weighted by molar-refractivity contribution is 5.87. The summed E-state index contributed by atoms with van der Waals surface area (Å²) in [6.45, 7) is 13.7. The molecule has 0 saturated carbocycles. The second kappa shape index (κ2) is 8.35. The van der Waals surface area contributed by atoms with Crippen LogP contribution in [-0.2, 0) is 0 Å². The highest BCUT2D eigenvalue weighted by Gasteiger charge is 2.00. The van der Waals surface area contributed by atoms with E-state index in [0.717, 1.165) is 35.3 Å². The molecule has 0 N–H and O–H groups in total. The van der Waals surface area contributed by atoms with Crippen LogP contribution in [0.3, 0.4) is 0 Å². The zero-order valence-electron chi connectivity index (χ0n) is 11.1. The van der Waals surface area contributed by atoms with Crippen LogP contribution in [0.5, 0.6) is 0 Å². The monoisotopic (exact) mass is 227 g/mol. The zero-order chi connectivity index (χ0) is 13.3. The molecule has 1 heteroatoms. The summed E-state index contributed by atoms with van der Waals surface area (Å²) in [5, 5.41) is 0. The quantitative estimate of drug-likeness (QED) is 0.361. The predicted molar refractivity (Wildman–Crippen MR) is 78.0 cm³/mol. The molecule has 17 heavy (non-hydrogen) atoms. The Morgan fingerprint density at radius 1 is 1.47 bits per heavy atom. The van der Waals surface area contributed by atoms with E-state index in [1.807, 2.05) is 19.9 Å². The minimum atomic E-state index is 0.773. The Morgan fingerprint density at radius 2 is 2.12 bits per heavy atom. The summed E-state index contributed by atoms with van der Waals surface area (Å²) in [7, 11) is 0. The molecule has 0 saturated heterocycles. The van der Waals surface area contributed by atoms with Crippen LogP contribution in [0.4, 0.5) is 0 Å². The molecular formula is C16H21N. The minimum Gasteiger partial charge on any atom is -0.261 e. The summed E-state index contributed by atoms with van der Waals surface area (Å²) >= 11 is 0. The summed E-state index contributed by atoms with van der Waals surface area (Å²) in [4.78, 5) is 4.28. The SMILES string of the molecule is C#CC(/C=N\C(=C)CCC)=C(C)\C(C=C)=C\C. The largest absolute Gasteiger partial charge is 0.261 e. The van der Waals surface area contributed by atoms with E-state index in [9.17, 15) is 0 Å². The number of rotatable bonds is 6. The van der Waals surface area contributed by atoms with Gasteiger partial charge in [0.05, 0.1) is 0 Å². The fourth-order valence-electron chi connectivity index (χ4n) is 1.39. The van der Waals surface area contributed by atoms with Gasteiger partial charge in [-0.25, -0.2) is 0 Å². The number of hydrogen-bond acceptors (Lipinski definition) is 1. The van der Waals surface area contributed by atoms with Gasteiger partial charge in [0, 0.05) is 17.5 Å². The Labute approximate surface area is 105 Å². The summed E-state index contributed by atoms with van der Waals surface area (Å²) in [6, 6.07) is 0. The second-order valence-corrected chi connectivity index (χ2v) is 3.71. The number of aliphatic imine (C=N–C) groups is 1. The van der Waals surface area contributed by atoms with Crippen LogP contribution in [0.15, 0.2) is 52.7 Å². The lowest BCUT2D eigenvalue weighted by Crippen LogP contribution is -1.91. The summed E-state index contributed by atoms with van der Waals surface area (Å²) < 4.78 is 0. The Balaban J connectivity index is 5.10. The number of allylic oxidation sites excluding steroid dienone is 6. The first-order valence-electron chi connectivity index (χ1n) is 5.79. The smallest absolute Gasteiger partial charge is 0.0460 e. The van der Waals surface area contributed by atoms with Crippen LogP contribution in [0.1, 0.15) is 33.6 Å². The normalized spacial score (nSPS) is 13.2. The zero-order valence-corrected chi connectivity index (χ0v) is 11.1. The third kappa shape index (κ3) is 5.17. The van der Waals surface area contributed by atoms with Crippen molar-refractivity contribution in [1.82, 2.24) is 0 Å². The van der Waals surface area contributed by atoms with Gasteiger partial charge in [0.15, 0.2) is 0 Å². The van der Waals surface area contributed by atoms with E-state index in [1.54, 1.807) is 12.3 Å². The Kier molecular flexibility index (Phi) is 7.46. The van der Waals surface area contributed by atoms with E-state index >= 15 is 0 Å². The fourth-order valence-corrected chi connectivity index (χ4v) is 1.39. The molecule has 0 aliphatic heterocycles. The van der Waals surface area contributed by atoms with Crippen molar-refractivity contribution < 1.29 is 0 Å². The lowest BCUT2D eigenvalue weighted by atomic mass is 10.0. The van der Waals surface area contributed by atoms with Crippen molar-refractivity contribution in [1.29, 1.82) is 0 Å². The third-order valence-electron chi connectivity index (χ3n) is 2.44. The first-order valence-corrected chi connectivity index (χ1v) is 5.79. The maximum atomic E-state index is 5.49. The molecule has 0 aliphatic carbocycles. The standard InChI is InChI=1S/C16H21N/c1-7-11-13(5)17-12-16(10-4)14(6)15(8-2)9-3/h4,8-9,12H,2,5,7,11H2,1,3,6H3/b15-9+,16-14+,17-12-. The van der Waals surface area contributed by atoms with Gasteiger partial charge in [-0.15, -0.1) is 6.42 Å². The van der Waals surface area contributed by atoms with Crippen LogP contribution in [0, 0.1) is 12.3 Å².